The van der Waals surface area contributed by atoms with Crippen molar-refractivity contribution in [2.75, 3.05) is 0 Å². The van der Waals surface area contributed by atoms with Crippen LogP contribution in [0.3, 0.4) is 0 Å². The summed E-state index contributed by atoms with van der Waals surface area (Å²) in [4.78, 5) is 4.33. The molecule has 1 heterocycles. The summed E-state index contributed by atoms with van der Waals surface area (Å²) < 4.78 is 40.9. The molecule has 0 radical (unpaired) electrons. The van der Waals surface area contributed by atoms with Crippen LogP contribution in [0.4, 0.5) is 13.2 Å². The summed E-state index contributed by atoms with van der Waals surface area (Å²) in [5.41, 5.74) is 1.28. The van der Waals surface area contributed by atoms with Crippen molar-refractivity contribution in [3.63, 3.8) is 0 Å². The van der Waals surface area contributed by atoms with Crippen LogP contribution < -0.4 is 0 Å². The average molecular weight is 395 g/mol. The lowest BCUT2D eigenvalue weighted by atomic mass is 10.1. The zero-order valence-electron chi connectivity index (χ0n) is 12.6. The van der Waals surface area contributed by atoms with E-state index in [0.29, 0.717) is 13.0 Å². The molecule has 1 aromatic heterocycles. The number of alkyl halides is 3. The van der Waals surface area contributed by atoms with Gasteiger partial charge in [0.2, 0.25) is 0 Å². The van der Waals surface area contributed by atoms with E-state index in [1.807, 2.05) is 35.0 Å². The van der Waals surface area contributed by atoms with Crippen molar-refractivity contribution in [2.24, 2.45) is 0 Å². The first-order chi connectivity index (χ1) is 11.4. The zero-order valence-corrected chi connectivity index (χ0v) is 14.2. The van der Waals surface area contributed by atoms with Gasteiger partial charge in [-0.25, -0.2) is 4.98 Å². The van der Waals surface area contributed by atoms with Crippen LogP contribution in [-0.4, -0.2) is 9.55 Å². The summed E-state index contributed by atoms with van der Waals surface area (Å²) >= 11 is 3.44. The summed E-state index contributed by atoms with van der Waals surface area (Å²) in [6.45, 7) is 0.662. The Kier molecular flexibility index (Phi) is 4.76. The first-order valence-electron chi connectivity index (χ1n) is 7.32. The lowest BCUT2D eigenvalue weighted by Crippen LogP contribution is -2.07. The number of hydrogen-bond donors (Lipinski definition) is 0. The first-order valence-corrected chi connectivity index (χ1v) is 8.12. The highest BCUT2D eigenvalue weighted by molar-refractivity contribution is 9.10. The molecule has 2 nitrogen and oxygen atoms in total. The average Bonchev–Trinajstić information content (AvgIpc) is 2.94. The van der Waals surface area contributed by atoms with Gasteiger partial charge >= 0.3 is 6.18 Å². The molecule has 0 saturated carbocycles. The van der Waals surface area contributed by atoms with Gasteiger partial charge in [0.05, 0.1) is 5.56 Å². The second-order valence-electron chi connectivity index (χ2n) is 5.47. The van der Waals surface area contributed by atoms with Crippen LogP contribution in [-0.2, 0) is 19.1 Å². The number of halogens is 4. The largest absolute Gasteiger partial charge is 0.416 e. The summed E-state index contributed by atoms with van der Waals surface area (Å²) in [6, 6.07) is 13.2. The van der Waals surface area contributed by atoms with Gasteiger partial charge in [0.15, 0.2) is 0 Å². The van der Waals surface area contributed by atoms with E-state index in [2.05, 4.69) is 20.9 Å². The second-order valence-corrected chi connectivity index (χ2v) is 6.39. The maximum Gasteiger partial charge on any atom is 0.416 e. The maximum atomic E-state index is 12.6. The van der Waals surface area contributed by atoms with Gasteiger partial charge < -0.3 is 4.57 Å². The minimum atomic E-state index is -4.31. The Labute approximate surface area is 146 Å². The number of nitrogens with zero attached hydrogens (tertiary/aromatic N) is 2. The third-order valence-electron chi connectivity index (χ3n) is 3.69. The smallest absolute Gasteiger partial charge is 0.330 e. The van der Waals surface area contributed by atoms with Crippen LogP contribution >= 0.6 is 15.9 Å². The minimum Gasteiger partial charge on any atom is -0.330 e. The van der Waals surface area contributed by atoms with Crippen molar-refractivity contribution in [2.45, 2.75) is 19.1 Å². The molecule has 0 fully saturated rings. The topological polar surface area (TPSA) is 17.8 Å². The third kappa shape index (κ3) is 4.06. The van der Waals surface area contributed by atoms with Crippen molar-refractivity contribution < 1.29 is 13.2 Å². The Morgan fingerprint density at radius 2 is 1.75 bits per heavy atom. The molecule has 0 amide bonds. The van der Waals surface area contributed by atoms with E-state index in [4.69, 9.17) is 0 Å². The zero-order chi connectivity index (χ0) is 17.2. The molecule has 124 valence electrons. The van der Waals surface area contributed by atoms with E-state index in [-0.39, 0.29) is 0 Å². The van der Waals surface area contributed by atoms with E-state index in [0.717, 1.165) is 33.6 Å². The fourth-order valence-corrected chi connectivity index (χ4v) is 2.92. The fraction of sp³-hybridized carbons (Fsp3) is 0.167. The van der Waals surface area contributed by atoms with Crippen molar-refractivity contribution in [1.29, 1.82) is 0 Å². The molecule has 0 aliphatic heterocycles. The van der Waals surface area contributed by atoms with Gasteiger partial charge in [0.1, 0.15) is 5.82 Å². The molecule has 0 N–H and O–H groups in total. The number of aromatic nitrogens is 2. The Morgan fingerprint density at radius 3 is 2.42 bits per heavy atom. The Hall–Kier alpha value is -2.08. The molecule has 0 spiro atoms. The van der Waals surface area contributed by atoms with Crippen molar-refractivity contribution in [3.8, 4) is 0 Å². The van der Waals surface area contributed by atoms with E-state index < -0.39 is 11.7 Å². The molecule has 0 saturated heterocycles. The van der Waals surface area contributed by atoms with Crippen LogP contribution in [0, 0.1) is 0 Å². The van der Waals surface area contributed by atoms with Crippen LogP contribution in [0.25, 0.3) is 0 Å². The van der Waals surface area contributed by atoms with E-state index in [1.165, 1.54) is 12.1 Å². The molecule has 2 aromatic carbocycles. The van der Waals surface area contributed by atoms with E-state index in [1.54, 1.807) is 6.20 Å². The maximum absolute atomic E-state index is 12.6. The number of hydrogen-bond acceptors (Lipinski definition) is 1. The predicted molar refractivity (Wildman–Crippen MR) is 89.7 cm³/mol. The van der Waals surface area contributed by atoms with E-state index in [9.17, 15) is 13.2 Å². The number of benzene rings is 2. The molecule has 3 rings (SSSR count). The SMILES string of the molecule is FC(F)(F)c1ccc(Cc2nccn2Cc2cccc(Br)c2)cc1. The summed E-state index contributed by atoms with van der Waals surface area (Å²) in [5.74, 6) is 0.815. The molecule has 0 bridgehead atoms. The summed E-state index contributed by atoms with van der Waals surface area (Å²) in [7, 11) is 0. The van der Waals surface area contributed by atoms with Crippen molar-refractivity contribution in [1.82, 2.24) is 9.55 Å². The number of imidazole rings is 1. The van der Waals surface area contributed by atoms with Gasteiger partial charge in [-0.2, -0.15) is 13.2 Å². The summed E-state index contributed by atoms with van der Waals surface area (Å²) in [5, 5.41) is 0. The van der Waals surface area contributed by atoms with Crippen LogP contribution in [0.5, 0.6) is 0 Å². The molecule has 6 heteroatoms. The lowest BCUT2D eigenvalue weighted by molar-refractivity contribution is -0.137. The predicted octanol–water partition coefficient (Wildman–Crippen LogP) is 5.30. The van der Waals surface area contributed by atoms with Gasteiger partial charge in [0, 0.05) is 29.8 Å². The number of rotatable bonds is 4. The standard InChI is InChI=1S/C18H14BrF3N2/c19-16-3-1-2-14(10-16)12-24-9-8-23-17(24)11-13-4-6-15(7-5-13)18(20,21)22/h1-10H,11-12H2. The fourth-order valence-electron chi connectivity index (χ4n) is 2.48. The Balaban J connectivity index is 1.76. The van der Waals surface area contributed by atoms with Gasteiger partial charge in [-0.15, -0.1) is 0 Å². The van der Waals surface area contributed by atoms with Crippen molar-refractivity contribution in [3.05, 3.63) is 87.9 Å². The molecule has 3 aromatic rings. The minimum absolute atomic E-state index is 0.485. The first kappa shape index (κ1) is 16.8. The second kappa shape index (κ2) is 6.81. The van der Waals surface area contributed by atoms with E-state index >= 15 is 0 Å². The molecule has 0 atom stereocenters. The molecular formula is C18H14BrF3N2. The summed E-state index contributed by atoms with van der Waals surface area (Å²) in [6.07, 6.45) is -0.242. The van der Waals surface area contributed by atoms with Crippen LogP contribution in [0.2, 0.25) is 0 Å². The van der Waals surface area contributed by atoms with Crippen LogP contribution in [0.15, 0.2) is 65.4 Å². The quantitative estimate of drug-likeness (QED) is 0.586. The molecule has 0 aliphatic carbocycles. The monoisotopic (exact) mass is 394 g/mol. The Morgan fingerprint density at radius 1 is 1.00 bits per heavy atom. The highest BCUT2D eigenvalue weighted by Crippen LogP contribution is 2.29. The van der Waals surface area contributed by atoms with Gasteiger partial charge in [-0.3, -0.25) is 0 Å². The molecule has 0 unspecified atom stereocenters. The highest BCUT2D eigenvalue weighted by Gasteiger charge is 2.29. The Bertz CT molecular complexity index is 823. The van der Waals surface area contributed by atoms with Crippen molar-refractivity contribution >= 4 is 15.9 Å². The van der Waals surface area contributed by atoms with Gasteiger partial charge in [-0.1, -0.05) is 40.2 Å². The molecule has 0 aliphatic rings. The molecule has 24 heavy (non-hydrogen) atoms. The molecular weight excluding hydrogens is 381 g/mol. The highest BCUT2D eigenvalue weighted by atomic mass is 79.9. The van der Waals surface area contributed by atoms with Gasteiger partial charge in [-0.05, 0) is 35.4 Å². The van der Waals surface area contributed by atoms with Crippen LogP contribution in [0.1, 0.15) is 22.5 Å². The lowest BCUT2D eigenvalue weighted by Gasteiger charge is -2.10. The third-order valence-corrected chi connectivity index (χ3v) is 4.18. The normalized spacial score (nSPS) is 11.7. The van der Waals surface area contributed by atoms with Gasteiger partial charge in [0.25, 0.3) is 0 Å².